The first kappa shape index (κ1) is 23.1. The van der Waals surface area contributed by atoms with Gasteiger partial charge in [-0.05, 0) is 43.7 Å². The Morgan fingerprint density at radius 2 is 1.62 bits per heavy atom. The van der Waals surface area contributed by atoms with E-state index in [1.54, 1.807) is 56.3 Å². The maximum absolute atomic E-state index is 12.6. The van der Waals surface area contributed by atoms with Crippen LogP contribution in [0.1, 0.15) is 40.1 Å². The molecule has 0 saturated carbocycles. The first-order valence-corrected chi connectivity index (χ1v) is 11.2. The number of benzene rings is 2. The van der Waals surface area contributed by atoms with Crippen molar-refractivity contribution in [2.24, 2.45) is 0 Å². The van der Waals surface area contributed by atoms with Gasteiger partial charge < -0.3 is 19.7 Å². The van der Waals surface area contributed by atoms with Gasteiger partial charge in [0.15, 0.2) is 0 Å². The van der Waals surface area contributed by atoms with Crippen molar-refractivity contribution in [2.45, 2.75) is 20.0 Å². The number of carbonyl (C=O) groups is 2. The van der Waals surface area contributed by atoms with Crippen LogP contribution in [0.2, 0.25) is 5.02 Å². The number of halogens is 1. The van der Waals surface area contributed by atoms with Crippen LogP contribution in [0.5, 0.6) is 0 Å². The van der Waals surface area contributed by atoms with E-state index < -0.39 is 19.4 Å². The van der Waals surface area contributed by atoms with Crippen LogP contribution in [0.4, 0.5) is 5.69 Å². The third kappa shape index (κ3) is 6.15. The second kappa shape index (κ2) is 10.6. The third-order valence-corrected chi connectivity index (χ3v) is 6.33. The van der Waals surface area contributed by atoms with Gasteiger partial charge in [-0.15, -0.1) is 0 Å². The number of anilines is 1. The van der Waals surface area contributed by atoms with Crippen molar-refractivity contribution in [3.05, 3.63) is 64.2 Å². The first-order valence-electron chi connectivity index (χ1n) is 9.12. The second-order valence-corrected chi connectivity index (χ2v) is 8.46. The largest absolute Gasteiger partial charge is 0.355 e. The smallest absolute Gasteiger partial charge is 0.335 e. The monoisotopic (exact) mass is 438 g/mol. The van der Waals surface area contributed by atoms with E-state index in [2.05, 4.69) is 10.6 Å². The number of amides is 2. The molecule has 0 fully saturated rings. The van der Waals surface area contributed by atoms with Crippen LogP contribution in [0.3, 0.4) is 0 Å². The molecule has 9 heteroatoms. The summed E-state index contributed by atoms with van der Waals surface area (Å²) in [5, 5.41) is 5.44. The van der Waals surface area contributed by atoms with E-state index in [0.29, 0.717) is 11.3 Å². The van der Waals surface area contributed by atoms with Crippen LogP contribution >= 0.6 is 19.2 Å². The molecule has 2 amide bonds. The summed E-state index contributed by atoms with van der Waals surface area (Å²) in [4.78, 5) is 24.7. The quantitative estimate of drug-likeness (QED) is 0.552. The molecule has 2 aromatic carbocycles. The maximum atomic E-state index is 12.6. The lowest BCUT2D eigenvalue weighted by Crippen LogP contribution is -2.22. The van der Waals surface area contributed by atoms with Crippen LogP contribution in [0.15, 0.2) is 42.5 Å². The van der Waals surface area contributed by atoms with Crippen LogP contribution in [-0.2, 0) is 19.8 Å². The third-order valence-electron chi connectivity index (χ3n) is 3.96. The van der Waals surface area contributed by atoms with Crippen molar-refractivity contribution in [1.82, 2.24) is 5.32 Å². The molecule has 156 valence electrons. The van der Waals surface area contributed by atoms with Crippen molar-refractivity contribution in [3.63, 3.8) is 0 Å². The molecule has 0 saturated heterocycles. The van der Waals surface area contributed by atoms with E-state index in [4.69, 9.17) is 20.6 Å². The van der Waals surface area contributed by atoms with Crippen LogP contribution in [0.25, 0.3) is 0 Å². The molecule has 0 aromatic heterocycles. The summed E-state index contributed by atoms with van der Waals surface area (Å²) < 4.78 is 23.2. The Bertz CT molecular complexity index is 908. The maximum Gasteiger partial charge on any atom is 0.335 e. The molecule has 0 spiro atoms. The van der Waals surface area contributed by atoms with Gasteiger partial charge in [-0.25, -0.2) is 0 Å². The van der Waals surface area contributed by atoms with Crippen molar-refractivity contribution >= 4 is 36.7 Å². The lowest BCUT2D eigenvalue weighted by atomic mass is 10.1. The van der Waals surface area contributed by atoms with E-state index in [9.17, 15) is 14.2 Å². The van der Waals surface area contributed by atoms with Gasteiger partial charge in [0, 0.05) is 12.6 Å². The SMILES string of the molecule is CCOP(=O)(Cc1ccc(C(=O)Nc2cccc(Cl)c2C(=O)NC)cc1)OCC. The molecule has 2 aromatic rings. The Balaban J connectivity index is 2.17. The lowest BCUT2D eigenvalue weighted by molar-refractivity contribution is 0.0964. The lowest BCUT2D eigenvalue weighted by Gasteiger charge is -2.17. The van der Waals surface area contributed by atoms with E-state index in [0.717, 1.165) is 5.56 Å². The highest BCUT2D eigenvalue weighted by atomic mass is 35.5. The topological polar surface area (TPSA) is 93.7 Å². The molecule has 0 radical (unpaired) electrons. The summed E-state index contributed by atoms with van der Waals surface area (Å²) in [6, 6.07) is 11.4. The number of carbonyl (C=O) groups excluding carboxylic acids is 2. The Kier molecular flexibility index (Phi) is 8.41. The van der Waals surface area contributed by atoms with Crippen LogP contribution in [-0.4, -0.2) is 32.1 Å². The summed E-state index contributed by atoms with van der Waals surface area (Å²) in [7, 11) is -1.74. The van der Waals surface area contributed by atoms with Gasteiger partial charge in [0.1, 0.15) is 0 Å². The van der Waals surface area contributed by atoms with Gasteiger partial charge in [0.25, 0.3) is 11.8 Å². The second-order valence-electron chi connectivity index (χ2n) is 6.00. The fourth-order valence-corrected chi connectivity index (χ4v) is 4.65. The fourth-order valence-electron chi connectivity index (χ4n) is 2.69. The average molecular weight is 439 g/mol. The van der Waals surface area contributed by atoms with Gasteiger partial charge in [-0.3, -0.25) is 14.2 Å². The predicted octanol–water partition coefficient (Wildman–Crippen LogP) is 4.72. The van der Waals surface area contributed by atoms with Gasteiger partial charge in [0.2, 0.25) is 0 Å². The molecule has 29 heavy (non-hydrogen) atoms. The number of nitrogens with one attached hydrogen (secondary N) is 2. The normalized spacial score (nSPS) is 11.2. The Morgan fingerprint density at radius 3 is 2.17 bits per heavy atom. The number of hydrogen-bond donors (Lipinski definition) is 2. The Labute approximate surface area is 175 Å². The van der Waals surface area contributed by atoms with E-state index in [1.165, 1.54) is 7.05 Å². The highest BCUT2D eigenvalue weighted by Crippen LogP contribution is 2.51. The van der Waals surface area contributed by atoms with E-state index >= 15 is 0 Å². The molecule has 0 atom stereocenters. The van der Waals surface area contributed by atoms with Crippen LogP contribution in [0, 0.1) is 0 Å². The minimum atomic E-state index is -3.22. The highest BCUT2D eigenvalue weighted by molar-refractivity contribution is 7.53. The predicted molar refractivity (Wildman–Crippen MR) is 114 cm³/mol. The average Bonchev–Trinajstić information content (AvgIpc) is 2.68. The Hall–Kier alpha value is -2.18. The van der Waals surface area contributed by atoms with Crippen molar-refractivity contribution < 1.29 is 23.2 Å². The minimum absolute atomic E-state index is 0.117. The summed E-state index contributed by atoms with van der Waals surface area (Å²) >= 11 is 6.10. The molecule has 7 nitrogen and oxygen atoms in total. The van der Waals surface area contributed by atoms with Gasteiger partial charge in [-0.2, -0.15) is 0 Å². The fraction of sp³-hybridized carbons (Fsp3) is 0.300. The molecular weight excluding hydrogens is 415 g/mol. The molecular formula is C20H24ClN2O5P. The number of hydrogen-bond acceptors (Lipinski definition) is 5. The summed E-state index contributed by atoms with van der Waals surface area (Å²) in [6.45, 7) is 4.07. The zero-order valence-electron chi connectivity index (χ0n) is 16.5. The molecule has 2 N–H and O–H groups in total. The minimum Gasteiger partial charge on any atom is -0.355 e. The molecule has 0 heterocycles. The van der Waals surface area contributed by atoms with Gasteiger partial charge >= 0.3 is 7.60 Å². The standard InChI is InChI=1S/C20H24ClN2O5P/c1-4-27-29(26,28-5-2)13-14-9-11-15(12-10-14)19(24)23-17-8-6-7-16(21)18(17)20(25)22-3/h6-12H,4-5,13H2,1-3H3,(H,22,25)(H,23,24). The highest BCUT2D eigenvalue weighted by Gasteiger charge is 2.24. The molecule has 0 aliphatic rings. The molecule has 0 bridgehead atoms. The van der Waals surface area contributed by atoms with Crippen LogP contribution < -0.4 is 10.6 Å². The van der Waals surface area contributed by atoms with Crippen molar-refractivity contribution in [2.75, 3.05) is 25.6 Å². The van der Waals surface area contributed by atoms with Gasteiger partial charge in [-0.1, -0.05) is 29.8 Å². The summed E-state index contributed by atoms with van der Waals surface area (Å²) in [5.41, 5.74) is 1.60. The van der Waals surface area contributed by atoms with Crippen molar-refractivity contribution in [1.29, 1.82) is 0 Å². The van der Waals surface area contributed by atoms with E-state index in [1.807, 2.05) is 0 Å². The van der Waals surface area contributed by atoms with Crippen molar-refractivity contribution in [3.8, 4) is 0 Å². The zero-order chi connectivity index (χ0) is 21.4. The summed E-state index contributed by atoms with van der Waals surface area (Å²) in [6.07, 6.45) is 0.117. The molecule has 0 aliphatic carbocycles. The van der Waals surface area contributed by atoms with E-state index in [-0.39, 0.29) is 30.0 Å². The summed E-state index contributed by atoms with van der Waals surface area (Å²) in [5.74, 6) is -0.800. The molecule has 0 unspecified atom stereocenters. The Morgan fingerprint density at radius 1 is 1.00 bits per heavy atom. The van der Waals surface area contributed by atoms with Gasteiger partial charge in [0.05, 0.1) is 35.6 Å². The molecule has 0 aliphatic heterocycles. The first-order chi connectivity index (χ1) is 13.8. The molecule has 2 rings (SSSR count). The zero-order valence-corrected chi connectivity index (χ0v) is 18.2. The number of rotatable bonds is 9.